The molecule has 1 saturated heterocycles. The number of halogens is 2. The minimum Gasteiger partial charge on any atom is -0.380 e. The van der Waals surface area contributed by atoms with Crippen molar-refractivity contribution >= 4 is 11.6 Å². The molecule has 0 aliphatic carbocycles. The zero-order valence-corrected chi connectivity index (χ0v) is 13.3. The monoisotopic (exact) mass is 331 g/mol. The molecule has 1 amide bonds. The predicted octanol–water partition coefficient (Wildman–Crippen LogP) is 3.14. The number of carbonyl (C=O) groups is 1. The van der Waals surface area contributed by atoms with Gasteiger partial charge in [-0.2, -0.15) is 0 Å². The Hall–Kier alpha value is -2.50. The topological polar surface area (TPSA) is 45.2 Å². The van der Waals surface area contributed by atoms with Gasteiger partial charge in [0.15, 0.2) is 11.6 Å². The van der Waals surface area contributed by atoms with Crippen LogP contribution in [0, 0.1) is 11.6 Å². The number of likely N-dealkylation sites (tertiary alicyclic amines) is 1. The van der Waals surface area contributed by atoms with E-state index in [4.69, 9.17) is 0 Å². The van der Waals surface area contributed by atoms with Gasteiger partial charge in [-0.05, 0) is 24.0 Å². The van der Waals surface area contributed by atoms with Crippen molar-refractivity contribution in [1.29, 1.82) is 0 Å². The number of carbonyl (C=O) groups excluding carboxylic acids is 1. The summed E-state index contributed by atoms with van der Waals surface area (Å²) in [5.41, 5.74) is 2.01. The first kappa shape index (κ1) is 16.4. The Morgan fingerprint density at radius 3 is 2.38 bits per heavy atom. The van der Waals surface area contributed by atoms with E-state index in [0.717, 1.165) is 36.5 Å². The number of aromatic nitrogens is 1. The van der Waals surface area contributed by atoms with Crippen LogP contribution in [0.1, 0.15) is 24.0 Å². The van der Waals surface area contributed by atoms with Crippen LogP contribution in [-0.4, -0.2) is 28.9 Å². The fourth-order valence-corrected chi connectivity index (χ4v) is 2.81. The van der Waals surface area contributed by atoms with Crippen molar-refractivity contribution < 1.29 is 13.6 Å². The summed E-state index contributed by atoms with van der Waals surface area (Å²) in [6, 6.07) is 7.96. The van der Waals surface area contributed by atoms with Crippen LogP contribution >= 0.6 is 0 Å². The molecule has 0 bridgehead atoms. The molecule has 0 unspecified atom stereocenters. The van der Waals surface area contributed by atoms with Gasteiger partial charge in [-0.3, -0.25) is 9.78 Å². The Kier molecular flexibility index (Phi) is 5.03. The Morgan fingerprint density at radius 2 is 1.75 bits per heavy atom. The molecule has 24 heavy (non-hydrogen) atoms. The summed E-state index contributed by atoms with van der Waals surface area (Å²) in [4.78, 5) is 16.9. The molecule has 0 spiro atoms. The van der Waals surface area contributed by atoms with Gasteiger partial charge in [-0.15, -0.1) is 0 Å². The summed E-state index contributed by atoms with van der Waals surface area (Å²) in [5.74, 6) is -1.18. The van der Waals surface area contributed by atoms with Crippen molar-refractivity contribution in [2.24, 2.45) is 0 Å². The summed E-state index contributed by atoms with van der Waals surface area (Å²) in [5, 5.41) is 2.77. The average Bonchev–Trinajstić information content (AvgIpc) is 2.97. The molecule has 2 aromatic rings. The minimum absolute atomic E-state index is 0.144. The lowest BCUT2D eigenvalue weighted by Gasteiger charge is -2.15. The molecule has 0 radical (unpaired) electrons. The smallest absolute Gasteiger partial charge is 0.222 e. The van der Waals surface area contributed by atoms with Gasteiger partial charge in [0.05, 0.1) is 12.4 Å². The lowest BCUT2D eigenvalue weighted by molar-refractivity contribution is -0.128. The molecule has 0 atom stereocenters. The van der Waals surface area contributed by atoms with E-state index in [2.05, 4.69) is 10.3 Å². The van der Waals surface area contributed by atoms with Crippen molar-refractivity contribution in [3.63, 3.8) is 0 Å². The number of rotatable bonds is 6. The van der Waals surface area contributed by atoms with E-state index in [0.29, 0.717) is 25.9 Å². The average molecular weight is 331 g/mol. The molecule has 4 nitrogen and oxygen atoms in total. The Balaban J connectivity index is 1.52. The van der Waals surface area contributed by atoms with Gasteiger partial charge in [-0.25, -0.2) is 8.78 Å². The quantitative estimate of drug-likeness (QED) is 0.884. The third-order valence-corrected chi connectivity index (χ3v) is 4.14. The molecule has 1 fully saturated rings. The van der Waals surface area contributed by atoms with Gasteiger partial charge < -0.3 is 10.2 Å². The second-order valence-corrected chi connectivity index (χ2v) is 5.89. The Bertz CT molecular complexity index is 698. The molecule has 126 valence electrons. The van der Waals surface area contributed by atoms with E-state index < -0.39 is 11.6 Å². The summed E-state index contributed by atoms with van der Waals surface area (Å²) < 4.78 is 26.9. The molecule has 1 aliphatic heterocycles. The highest BCUT2D eigenvalue weighted by atomic mass is 19.1. The van der Waals surface area contributed by atoms with Crippen LogP contribution in [-0.2, 0) is 17.8 Å². The maximum Gasteiger partial charge on any atom is 0.222 e. The maximum atomic E-state index is 13.5. The number of nitrogens with zero attached hydrogens (tertiary/aromatic N) is 2. The summed E-state index contributed by atoms with van der Waals surface area (Å²) in [7, 11) is 0. The fraction of sp³-hybridized carbons (Fsp3) is 0.333. The van der Waals surface area contributed by atoms with Crippen LogP contribution in [0.4, 0.5) is 14.5 Å². The number of hydrogen-bond donors (Lipinski definition) is 1. The summed E-state index contributed by atoms with van der Waals surface area (Å²) >= 11 is 0. The second kappa shape index (κ2) is 7.38. The van der Waals surface area contributed by atoms with E-state index in [1.165, 1.54) is 0 Å². The third kappa shape index (κ3) is 3.88. The van der Waals surface area contributed by atoms with Crippen LogP contribution in [0.3, 0.4) is 0 Å². The molecule has 2 heterocycles. The van der Waals surface area contributed by atoms with Crippen molar-refractivity contribution in [3.8, 4) is 0 Å². The molecule has 6 heteroatoms. The molecule has 3 rings (SSSR count). The predicted molar refractivity (Wildman–Crippen MR) is 87.4 cm³/mol. The molecule has 1 aromatic heterocycles. The first-order valence-electron chi connectivity index (χ1n) is 8.02. The van der Waals surface area contributed by atoms with Gasteiger partial charge >= 0.3 is 0 Å². The number of benzene rings is 1. The first-order valence-corrected chi connectivity index (χ1v) is 8.02. The van der Waals surface area contributed by atoms with Crippen LogP contribution in [0.5, 0.6) is 0 Å². The minimum atomic E-state index is -0.694. The zero-order chi connectivity index (χ0) is 16.9. The van der Waals surface area contributed by atoms with Crippen molar-refractivity contribution in [2.75, 3.05) is 18.4 Å². The summed E-state index contributed by atoms with van der Waals surface area (Å²) in [6.45, 7) is 1.89. The first-order chi connectivity index (χ1) is 11.6. The van der Waals surface area contributed by atoms with E-state index in [1.807, 2.05) is 29.2 Å². The Labute approximate surface area is 139 Å². The largest absolute Gasteiger partial charge is 0.380 e. The Morgan fingerprint density at radius 1 is 1.08 bits per heavy atom. The van der Waals surface area contributed by atoms with Crippen molar-refractivity contribution in [2.45, 2.75) is 25.8 Å². The molecule has 1 aliphatic rings. The van der Waals surface area contributed by atoms with E-state index in [-0.39, 0.29) is 11.6 Å². The number of pyridine rings is 1. The van der Waals surface area contributed by atoms with E-state index >= 15 is 0 Å². The fourth-order valence-electron chi connectivity index (χ4n) is 2.81. The molecular formula is C18H19F2N3O. The van der Waals surface area contributed by atoms with Crippen LogP contribution in [0.2, 0.25) is 0 Å². The highest BCUT2D eigenvalue weighted by molar-refractivity contribution is 5.78. The highest BCUT2D eigenvalue weighted by Crippen LogP contribution is 2.17. The number of amides is 1. The molecule has 0 saturated carbocycles. The van der Waals surface area contributed by atoms with Gasteiger partial charge in [0.25, 0.3) is 0 Å². The number of hydrogen-bond acceptors (Lipinski definition) is 3. The standard InChI is InChI=1S/C18H19F2N3O/c19-15-10-21-11-16(20)18(15)22-8-7-13-3-5-14(6-4-13)12-23-9-1-2-17(23)24/h3-6,10-11H,1-2,7-9,12H2,(H,21,22). The SMILES string of the molecule is O=C1CCCN1Cc1ccc(CCNc2c(F)cncc2F)cc1. The van der Waals surface area contributed by atoms with Crippen LogP contribution in [0.25, 0.3) is 0 Å². The molecular weight excluding hydrogens is 312 g/mol. The highest BCUT2D eigenvalue weighted by Gasteiger charge is 2.19. The van der Waals surface area contributed by atoms with Crippen LogP contribution < -0.4 is 5.32 Å². The lowest BCUT2D eigenvalue weighted by Crippen LogP contribution is -2.23. The normalized spacial score (nSPS) is 14.2. The zero-order valence-electron chi connectivity index (χ0n) is 13.3. The third-order valence-electron chi connectivity index (χ3n) is 4.14. The lowest BCUT2D eigenvalue weighted by atomic mass is 10.1. The van der Waals surface area contributed by atoms with Gasteiger partial charge in [0.2, 0.25) is 5.91 Å². The second-order valence-electron chi connectivity index (χ2n) is 5.89. The summed E-state index contributed by atoms with van der Waals surface area (Å²) in [6.07, 6.45) is 4.19. The van der Waals surface area contributed by atoms with Crippen molar-refractivity contribution in [1.82, 2.24) is 9.88 Å². The molecule has 1 N–H and O–H groups in total. The number of nitrogens with one attached hydrogen (secondary N) is 1. The van der Waals surface area contributed by atoms with Crippen molar-refractivity contribution in [3.05, 3.63) is 59.4 Å². The number of anilines is 1. The van der Waals surface area contributed by atoms with Gasteiger partial charge in [0, 0.05) is 26.1 Å². The van der Waals surface area contributed by atoms with Gasteiger partial charge in [-0.1, -0.05) is 24.3 Å². The maximum absolute atomic E-state index is 13.5. The van der Waals surface area contributed by atoms with E-state index in [9.17, 15) is 13.6 Å². The molecule has 1 aromatic carbocycles. The van der Waals surface area contributed by atoms with Gasteiger partial charge in [0.1, 0.15) is 5.69 Å². The van der Waals surface area contributed by atoms with Crippen LogP contribution in [0.15, 0.2) is 36.7 Å². The van der Waals surface area contributed by atoms with E-state index in [1.54, 1.807) is 0 Å².